The molecule has 0 spiro atoms. The lowest BCUT2D eigenvalue weighted by Gasteiger charge is -2.33. The van der Waals surface area contributed by atoms with Crippen LogP contribution in [0.25, 0.3) is 0 Å². The van der Waals surface area contributed by atoms with Gasteiger partial charge < -0.3 is 9.80 Å². The van der Waals surface area contributed by atoms with Gasteiger partial charge in [0.1, 0.15) is 0 Å². The first kappa shape index (κ1) is 13.5. The maximum absolute atomic E-state index is 11.7. The van der Waals surface area contributed by atoms with Crippen molar-refractivity contribution < 1.29 is 9.59 Å². The molecular formula is C11H19BrN2O2. The van der Waals surface area contributed by atoms with E-state index in [1.807, 2.05) is 6.92 Å². The zero-order chi connectivity index (χ0) is 12.0. The maximum atomic E-state index is 11.7. The quantitative estimate of drug-likeness (QED) is 0.420. The van der Waals surface area contributed by atoms with Crippen molar-refractivity contribution >= 4 is 27.7 Å². The van der Waals surface area contributed by atoms with E-state index in [1.54, 1.807) is 9.80 Å². The molecule has 92 valence electrons. The van der Waals surface area contributed by atoms with Crippen LogP contribution < -0.4 is 0 Å². The summed E-state index contributed by atoms with van der Waals surface area (Å²) >= 11 is 3.35. The third-order valence-electron chi connectivity index (χ3n) is 2.70. The molecule has 2 amide bonds. The number of hydrogen-bond acceptors (Lipinski definition) is 2. The van der Waals surface area contributed by atoms with Crippen molar-refractivity contribution in [3.05, 3.63) is 0 Å². The molecule has 0 unspecified atom stereocenters. The number of rotatable bonds is 6. The lowest BCUT2D eigenvalue weighted by molar-refractivity contribution is -0.156. The third-order valence-corrected chi connectivity index (χ3v) is 3.26. The van der Waals surface area contributed by atoms with Crippen LogP contribution in [0.1, 0.15) is 26.2 Å². The number of unbranched alkanes of at least 4 members (excludes halogenated alkanes) is 1. The molecule has 0 aromatic carbocycles. The van der Waals surface area contributed by atoms with Crippen LogP contribution in [0.3, 0.4) is 0 Å². The average molecular weight is 291 g/mol. The summed E-state index contributed by atoms with van der Waals surface area (Å²) in [6, 6.07) is 0. The number of halogens is 1. The van der Waals surface area contributed by atoms with Gasteiger partial charge in [-0.2, -0.15) is 0 Å². The summed E-state index contributed by atoms with van der Waals surface area (Å²) in [5, 5.41) is 0.949. The molecule has 5 heteroatoms. The lowest BCUT2D eigenvalue weighted by atomic mass is 10.2. The molecule has 0 aromatic heterocycles. The first-order valence-electron chi connectivity index (χ1n) is 5.84. The van der Waals surface area contributed by atoms with Gasteiger partial charge in [-0.3, -0.25) is 9.59 Å². The molecule has 1 aliphatic heterocycles. The fraction of sp³-hybridized carbons (Fsp3) is 0.818. The summed E-state index contributed by atoms with van der Waals surface area (Å²) < 4.78 is 0. The van der Waals surface area contributed by atoms with Crippen molar-refractivity contribution in [2.24, 2.45) is 0 Å². The van der Waals surface area contributed by atoms with E-state index in [0.717, 1.165) is 24.6 Å². The Morgan fingerprint density at radius 3 is 2.12 bits per heavy atom. The van der Waals surface area contributed by atoms with Gasteiger partial charge in [0.25, 0.3) is 0 Å². The smallest absolute Gasteiger partial charge is 0.312 e. The average Bonchev–Trinajstić information content (AvgIpc) is 2.28. The molecular weight excluding hydrogens is 272 g/mol. The summed E-state index contributed by atoms with van der Waals surface area (Å²) in [7, 11) is 0. The van der Waals surface area contributed by atoms with E-state index in [-0.39, 0.29) is 11.8 Å². The number of piperazine rings is 1. The largest absolute Gasteiger partial charge is 0.333 e. The SMILES string of the molecule is CCCN1CCN(CCCCBr)C(=O)C1=O. The summed E-state index contributed by atoms with van der Waals surface area (Å²) in [4.78, 5) is 26.7. The molecule has 1 heterocycles. The normalized spacial score (nSPS) is 17.1. The standard InChI is InChI=1S/C11H19BrN2O2/c1-2-6-13-8-9-14(7-4-3-5-12)11(16)10(13)15/h2-9H2,1H3. The predicted octanol–water partition coefficient (Wildman–Crippen LogP) is 1.24. The maximum Gasteiger partial charge on any atom is 0.312 e. The highest BCUT2D eigenvalue weighted by atomic mass is 79.9. The fourth-order valence-corrected chi connectivity index (χ4v) is 2.21. The minimum atomic E-state index is -0.327. The number of hydrogen-bond donors (Lipinski definition) is 0. The van der Waals surface area contributed by atoms with Crippen LogP contribution in [0.15, 0.2) is 0 Å². The second kappa shape index (κ2) is 6.89. The first-order valence-corrected chi connectivity index (χ1v) is 6.97. The zero-order valence-electron chi connectivity index (χ0n) is 9.75. The highest BCUT2D eigenvalue weighted by Crippen LogP contribution is 2.07. The molecule has 1 aliphatic rings. The molecule has 0 aromatic rings. The van der Waals surface area contributed by atoms with Gasteiger partial charge in [0.2, 0.25) is 0 Å². The van der Waals surface area contributed by atoms with Crippen molar-refractivity contribution in [1.29, 1.82) is 0 Å². The van der Waals surface area contributed by atoms with E-state index in [4.69, 9.17) is 0 Å². The van der Waals surface area contributed by atoms with Gasteiger partial charge in [0, 0.05) is 31.5 Å². The van der Waals surface area contributed by atoms with Gasteiger partial charge in [-0.1, -0.05) is 22.9 Å². The topological polar surface area (TPSA) is 40.6 Å². The van der Waals surface area contributed by atoms with E-state index < -0.39 is 0 Å². The lowest BCUT2D eigenvalue weighted by Crippen LogP contribution is -2.54. The zero-order valence-corrected chi connectivity index (χ0v) is 11.3. The molecule has 0 bridgehead atoms. The molecule has 0 N–H and O–H groups in total. The Labute approximate surface area is 105 Å². The first-order chi connectivity index (χ1) is 7.70. The number of carbonyl (C=O) groups is 2. The van der Waals surface area contributed by atoms with Crippen molar-refractivity contribution in [2.75, 3.05) is 31.5 Å². The molecule has 0 radical (unpaired) electrons. The summed E-state index contributed by atoms with van der Waals surface area (Å²) in [5.41, 5.74) is 0. The molecule has 4 nitrogen and oxygen atoms in total. The molecule has 1 rings (SSSR count). The third kappa shape index (κ3) is 3.47. The van der Waals surface area contributed by atoms with Gasteiger partial charge in [-0.25, -0.2) is 0 Å². The van der Waals surface area contributed by atoms with Crippen molar-refractivity contribution in [3.63, 3.8) is 0 Å². The minimum Gasteiger partial charge on any atom is -0.333 e. The van der Waals surface area contributed by atoms with Gasteiger partial charge >= 0.3 is 11.8 Å². The summed E-state index contributed by atoms with van der Waals surface area (Å²) in [6.45, 7) is 4.79. The van der Waals surface area contributed by atoms with Crippen molar-refractivity contribution in [3.8, 4) is 0 Å². The highest BCUT2D eigenvalue weighted by Gasteiger charge is 2.31. The molecule has 1 saturated heterocycles. The Balaban J connectivity index is 2.42. The Morgan fingerprint density at radius 2 is 1.62 bits per heavy atom. The molecule has 0 saturated carbocycles. The highest BCUT2D eigenvalue weighted by molar-refractivity contribution is 9.09. The Hall–Kier alpha value is -0.580. The van der Waals surface area contributed by atoms with Crippen LogP contribution in [-0.4, -0.2) is 53.1 Å². The molecule has 0 atom stereocenters. The Bertz CT molecular complexity index is 258. The number of nitrogens with zero attached hydrogens (tertiary/aromatic N) is 2. The van der Waals surface area contributed by atoms with Crippen LogP contribution in [0.2, 0.25) is 0 Å². The monoisotopic (exact) mass is 290 g/mol. The van der Waals surface area contributed by atoms with E-state index in [2.05, 4.69) is 15.9 Å². The predicted molar refractivity (Wildman–Crippen MR) is 66.5 cm³/mol. The van der Waals surface area contributed by atoms with Crippen LogP contribution in [0.4, 0.5) is 0 Å². The van der Waals surface area contributed by atoms with Crippen molar-refractivity contribution in [1.82, 2.24) is 9.80 Å². The Morgan fingerprint density at radius 1 is 1.06 bits per heavy atom. The molecule has 0 aliphatic carbocycles. The van der Waals surface area contributed by atoms with Crippen LogP contribution in [0, 0.1) is 0 Å². The summed E-state index contributed by atoms with van der Waals surface area (Å²) in [6.07, 6.45) is 2.90. The van der Waals surface area contributed by atoms with Crippen molar-refractivity contribution in [2.45, 2.75) is 26.2 Å². The van der Waals surface area contributed by atoms with Gasteiger partial charge in [0.05, 0.1) is 0 Å². The molecule has 1 fully saturated rings. The van der Waals surface area contributed by atoms with Gasteiger partial charge in [0.15, 0.2) is 0 Å². The van der Waals surface area contributed by atoms with Gasteiger partial charge in [-0.15, -0.1) is 0 Å². The second-order valence-corrected chi connectivity index (χ2v) is 4.77. The number of amides is 2. The van der Waals surface area contributed by atoms with E-state index >= 15 is 0 Å². The fourth-order valence-electron chi connectivity index (χ4n) is 1.81. The van der Waals surface area contributed by atoms with E-state index in [0.29, 0.717) is 26.2 Å². The van der Waals surface area contributed by atoms with Crippen LogP contribution in [0.5, 0.6) is 0 Å². The van der Waals surface area contributed by atoms with Gasteiger partial charge in [-0.05, 0) is 19.3 Å². The van der Waals surface area contributed by atoms with Crippen LogP contribution in [-0.2, 0) is 9.59 Å². The van der Waals surface area contributed by atoms with E-state index in [1.165, 1.54) is 0 Å². The van der Waals surface area contributed by atoms with E-state index in [9.17, 15) is 9.59 Å². The molecule has 16 heavy (non-hydrogen) atoms. The summed E-state index contributed by atoms with van der Waals surface area (Å²) in [5.74, 6) is -0.652. The Kier molecular flexibility index (Phi) is 5.80. The number of alkyl halides is 1. The number of carbonyl (C=O) groups excluding carboxylic acids is 2. The minimum absolute atomic E-state index is 0.325. The van der Waals surface area contributed by atoms with Crippen LogP contribution >= 0.6 is 15.9 Å². The second-order valence-electron chi connectivity index (χ2n) is 3.98.